The summed E-state index contributed by atoms with van der Waals surface area (Å²) in [5.74, 6) is 4.39. The molecule has 0 aromatic carbocycles. The van der Waals surface area contributed by atoms with E-state index in [2.05, 4.69) is 55.0 Å². The Morgan fingerprint density at radius 1 is 0.355 bits per heavy atom. The summed E-state index contributed by atoms with van der Waals surface area (Å²) in [7, 11) is 0. The molecule has 0 atom stereocenters. The lowest BCUT2D eigenvalue weighted by Gasteiger charge is -2.17. The fraction of sp³-hybridized carbons (Fsp3) is 0.571. The van der Waals surface area contributed by atoms with Crippen LogP contribution in [0, 0.1) is 0 Å². The molecule has 23 heteroatoms. The smallest absolute Gasteiger partial charge is 0.298 e. The van der Waals surface area contributed by atoms with Crippen molar-refractivity contribution >= 4 is 55.1 Å². The fourth-order valence-electron chi connectivity index (χ4n) is 9.91. The van der Waals surface area contributed by atoms with Gasteiger partial charge in [-0.05, 0) is 76.3 Å². The summed E-state index contributed by atoms with van der Waals surface area (Å²) in [6, 6.07) is 3.54. The largest absolute Gasteiger partial charge is 0.436 e. The Morgan fingerprint density at radius 3 is 1.25 bits per heavy atom. The van der Waals surface area contributed by atoms with Gasteiger partial charge in [0, 0.05) is 83.4 Å². The third-order valence-corrected chi connectivity index (χ3v) is 13.6. The first kappa shape index (κ1) is 82.5. The van der Waals surface area contributed by atoms with Gasteiger partial charge in [0.1, 0.15) is 52.7 Å². The molecule has 93 heavy (non-hydrogen) atoms. The topological polar surface area (TPSA) is 278 Å². The van der Waals surface area contributed by atoms with Crippen molar-refractivity contribution in [3.63, 3.8) is 0 Å². The Bertz CT molecular complexity index is 3660. The van der Waals surface area contributed by atoms with E-state index < -0.39 is 0 Å². The number of hydrogen-bond acceptors (Lipinski definition) is 18. The number of aromatic nitrogens is 16. The average Bonchev–Trinajstić information content (AvgIpc) is 1.89. The molecule has 0 fully saturated rings. The van der Waals surface area contributed by atoms with Crippen molar-refractivity contribution < 1.29 is 8.94 Å². The molecular formula is C70H110N16O7. The van der Waals surface area contributed by atoms with E-state index in [0.717, 1.165) is 169 Å². The van der Waals surface area contributed by atoms with E-state index in [9.17, 15) is 24.0 Å². The molecule has 512 valence electrons. The van der Waals surface area contributed by atoms with Crippen LogP contribution in [0.15, 0.2) is 95.0 Å². The molecule has 0 amide bonds. The lowest BCUT2D eigenvalue weighted by atomic mass is 10.1. The standard InChI is InChI=1S/2C11H11N3O.C10H10N4O.2C9H9N3O2.10C2H6/c15-11-8-7-12-5-4-9(8)13-10-3-1-2-6-14(10)11;15-11-8-4-5-12-7-9(8)13-10-3-1-2-6-14(10)11;15-10-9-7(5-11-6-12-9)13-8-3-1-2-4-14(8)10;13-9-8-6(5-14-11-8)10-7-3-1-2-4-12(7)9;13-9-7-8(10-5-14-7)11-6-3-1-2-4-12(6)9;10*1-2/h2*4-5,7H,1-3,6H2;5-6H,1-4H2;2*5H,1-4H2;10*1-2H3. The average molecular weight is 1290 g/mol. The number of aryl methyl sites for hydroxylation is 5. The lowest BCUT2D eigenvalue weighted by molar-refractivity contribution is 0.427. The molecule has 15 rings (SSSR count). The fourth-order valence-corrected chi connectivity index (χ4v) is 9.91. The van der Waals surface area contributed by atoms with Gasteiger partial charge >= 0.3 is 0 Å². The van der Waals surface area contributed by atoms with Crippen LogP contribution in [0.3, 0.4) is 0 Å². The summed E-state index contributed by atoms with van der Waals surface area (Å²) in [4.78, 5) is 102. The summed E-state index contributed by atoms with van der Waals surface area (Å²) in [5, 5.41) is 4.96. The van der Waals surface area contributed by atoms with Crippen LogP contribution in [-0.2, 0) is 64.8 Å². The summed E-state index contributed by atoms with van der Waals surface area (Å²) in [5.41, 5.74) is 4.08. The molecule has 5 aliphatic heterocycles. The SMILES string of the molecule is CC.CC.CC.CC.CC.CC.CC.CC.CC.CC.O=c1c2ccncc2nc2n1CCCC2.O=c1c2cnccc2nc2n1CCCC2.O=c1c2ncncc2nc2n1CCCC2.O=c1c2nocc2nc2n1CCCC2.O=c1c2ocnc2nc2n1CCCC2. The highest BCUT2D eigenvalue weighted by Crippen LogP contribution is 2.18. The van der Waals surface area contributed by atoms with Crippen molar-refractivity contribution in [2.24, 2.45) is 0 Å². The third kappa shape index (κ3) is 21.8. The van der Waals surface area contributed by atoms with Gasteiger partial charge in [0.25, 0.3) is 27.8 Å². The highest BCUT2D eigenvalue weighted by atomic mass is 16.5. The molecule has 10 aromatic heterocycles. The maximum absolute atomic E-state index is 12.1. The van der Waals surface area contributed by atoms with Crippen molar-refractivity contribution in [1.82, 2.24) is 77.8 Å². The molecule has 23 nitrogen and oxygen atoms in total. The van der Waals surface area contributed by atoms with Crippen molar-refractivity contribution in [2.45, 2.75) is 268 Å². The third-order valence-electron chi connectivity index (χ3n) is 13.6. The second kappa shape index (κ2) is 47.4. The minimum Gasteiger partial charge on any atom is -0.436 e. The van der Waals surface area contributed by atoms with E-state index in [1.165, 1.54) is 19.0 Å². The Labute approximate surface area is 550 Å². The molecule has 0 N–H and O–H groups in total. The first-order valence-electron chi connectivity index (χ1n) is 34.8. The molecule has 5 aliphatic rings. The number of pyridine rings is 2. The first-order chi connectivity index (χ1) is 45.8. The first-order valence-corrected chi connectivity index (χ1v) is 34.8. The van der Waals surface area contributed by atoms with Gasteiger partial charge in [0.15, 0.2) is 17.4 Å². The van der Waals surface area contributed by atoms with Gasteiger partial charge < -0.3 is 8.94 Å². The van der Waals surface area contributed by atoms with Crippen LogP contribution in [0.5, 0.6) is 0 Å². The summed E-state index contributed by atoms with van der Waals surface area (Å²) >= 11 is 0. The van der Waals surface area contributed by atoms with Crippen LogP contribution < -0.4 is 27.8 Å². The van der Waals surface area contributed by atoms with Crippen LogP contribution in [0.4, 0.5) is 0 Å². The molecule has 0 saturated heterocycles. The molecule has 0 spiro atoms. The quantitative estimate of drug-likeness (QED) is 0.136. The summed E-state index contributed by atoms with van der Waals surface area (Å²) < 4.78 is 18.5. The van der Waals surface area contributed by atoms with Gasteiger partial charge in [-0.3, -0.25) is 56.8 Å². The van der Waals surface area contributed by atoms with Gasteiger partial charge in [-0.15, -0.1) is 0 Å². The number of rotatable bonds is 0. The Kier molecular flexibility index (Phi) is 42.1. The Morgan fingerprint density at radius 2 is 0.742 bits per heavy atom. The number of hydrogen-bond donors (Lipinski definition) is 0. The molecule has 0 radical (unpaired) electrons. The molecule has 0 saturated carbocycles. The predicted molar refractivity (Wildman–Crippen MR) is 379 cm³/mol. The van der Waals surface area contributed by atoms with E-state index in [1.807, 2.05) is 138 Å². The maximum atomic E-state index is 12.1. The van der Waals surface area contributed by atoms with Crippen LogP contribution >= 0.6 is 0 Å². The second-order valence-corrected chi connectivity index (χ2v) is 18.3. The molecule has 15 heterocycles. The van der Waals surface area contributed by atoms with Crippen LogP contribution in [-0.4, -0.2) is 77.8 Å². The van der Waals surface area contributed by atoms with Gasteiger partial charge in [-0.2, -0.15) is 4.98 Å². The van der Waals surface area contributed by atoms with E-state index in [4.69, 9.17) is 8.94 Å². The zero-order chi connectivity index (χ0) is 69.8. The van der Waals surface area contributed by atoms with E-state index in [0.29, 0.717) is 38.5 Å². The van der Waals surface area contributed by atoms with Crippen molar-refractivity contribution in [1.29, 1.82) is 0 Å². The van der Waals surface area contributed by atoms with Crippen LogP contribution in [0.25, 0.3) is 55.1 Å². The van der Waals surface area contributed by atoms with Crippen LogP contribution in [0.1, 0.15) is 232 Å². The highest BCUT2D eigenvalue weighted by Gasteiger charge is 2.20. The maximum Gasteiger partial charge on any atom is 0.298 e. The number of oxazole rings is 1. The molecule has 10 aromatic rings. The zero-order valence-corrected chi connectivity index (χ0v) is 59.9. The van der Waals surface area contributed by atoms with Gasteiger partial charge in [-0.1, -0.05) is 144 Å². The Balaban J connectivity index is 0.000000543. The van der Waals surface area contributed by atoms with Crippen molar-refractivity contribution in [2.75, 3.05) is 0 Å². The lowest BCUT2D eigenvalue weighted by Crippen LogP contribution is -2.28. The Hall–Kier alpha value is -8.50. The van der Waals surface area contributed by atoms with E-state index in [1.54, 1.807) is 66.0 Å². The van der Waals surface area contributed by atoms with Crippen LogP contribution in [0.2, 0.25) is 0 Å². The molecule has 0 unspecified atom stereocenters. The van der Waals surface area contributed by atoms with Gasteiger partial charge in [0.2, 0.25) is 11.2 Å². The molecule has 0 aliphatic carbocycles. The monoisotopic (exact) mass is 1290 g/mol. The molecule has 0 bridgehead atoms. The van der Waals surface area contributed by atoms with Crippen molar-refractivity contribution in [3.05, 3.63) is 143 Å². The minimum atomic E-state index is -0.0952. The van der Waals surface area contributed by atoms with Crippen molar-refractivity contribution in [3.8, 4) is 0 Å². The summed E-state index contributed by atoms with van der Waals surface area (Å²) in [6.07, 6.45) is 27.5. The highest BCUT2D eigenvalue weighted by molar-refractivity contribution is 5.77. The van der Waals surface area contributed by atoms with E-state index in [-0.39, 0.29) is 33.4 Å². The molecular weight excluding hydrogens is 1180 g/mol. The number of fused-ring (bicyclic) bond motifs is 10. The summed E-state index contributed by atoms with van der Waals surface area (Å²) in [6.45, 7) is 43.9. The minimum absolute atomic E-state index is 0.0305. The number of nitrogens with zero attached hydrogens (tertiary/aromatic N) is 16. The predicted octanol–water partition coefficient (Wildman–Crippen LogP) is 14.5. The normalized spacial score (nSPS) is 12.7. The van der Waals surface area contributed by atoms with Gasteiger partial charge in [-0.25, -0.2) is 34.9 Å². The second-order valence-electron chi connectivity index (χ2n) is 18.3. The van der Waals surface area contributed by atoms with Gasteiger partial charge in [0.05, 0.1) is 34.2 Å². The zero-order valence-electron chi connectivity index (χ0n) is 59.9. The van der Waals surface area contributed by atoms with E-state index >= 15 is 0 Å².